The molecule has 0 bridgehead atoms. The van der Waals surface area contributed by atoms with Crippen LogP contribution in [0, 0.1) is 5.82 Å². The highest BCUT2D eigenvalue weighted by atomic mass is 35.5. The third-order valence-corrected chi connectivity index (χ3v) is 2.55. The fraction of sp³-hybridized carbons (Fsp3) is 0.400. The van der Waals surface area contributed by atoms with E-state index in [1.807, 2.05) is 0 Å². The average molecular weight is 252 g/mol. The first kappa shape index (κ1) is 14.7. The third-order valence-electron chi connectivity index (χ3n) is 1.57. The molecule has 1 rings (SSSR count). The van der Waals surface area contributed by atoms with Crippen LogP contribution in [0.3, 0.4) is 0 Å². The van der Waals surface area contributed by atoms with Crippen LogP contribution in [0.25, 0.3) is 0 Å². The molecule has 0 saturated heterocycles. The lowest BCUT2D eigenvalue weighted by molar-refractivity contribution is 0.158. The number of nitrogens with two attached hydrogens (primary N) is 1. The molecule has 1 aromatic carbocycles. The van der Waals surface area contributed by atoms with Crippen LogP contribution < -0.4 is 5.73 Å². The number of rotatable bonds is 6. The van der Waals surface area contributed by atoms with Crippen molar-refractivity contribution >= 4 is 24.2 Å². The molecule has 86 valence electrons. The lowest BCUT2D eigenvalue weighted by Gasteiger charge is -2.02. The molecule has 0 unspecified atom stereocenters. The fourth-order valence-electron chi connectivity index (χ4n) is 0.935. The molecular weight excluding hydrogens is 237 g/mol. The van der Waals surface area contributed by atoms with Gasteiger partial charge in [0.1, 0.15) is 5.82 Å². The van der Waals surface area contributed by atoms with Crippen molar-refractivity contribution in [2.24, 2.45) is 5.73 Å². The van der Waals surface area contributed by atoms with Gasteiger partial charge in [-0.05, 0) is 24.3 Å². The average Bonchev–Trinajstić information content (AvgIpc) is 2.21. The van der Waals surface area contributed by atoms with Gasteiger partial charge in [0, 0.05) is 17.2 Å². The highest BCUT2D eigenvalue weighted by molar-refractivity contribution is 7.99. The molecule has 0 aliphatic carbocycles. The summed E-state index contributed by atoms with van der Waals surface area (Å²) in [7, 11) is 0. The van der Waals surface area contributed by atoms with Crippen LogP contribution in [0.5, 0.6) is 0 Å². The predicted octanol–water partition coefficient (Wildman–Crippen LogP) is 2.31. The predicted molar refractivity (Wildman–Crippen MR) is 64.2 cm³/mol. The number of thioether (sulfide) groups is 1. The van der Waals surface area contributed by atoms with E-state index in [2.05, 4.69) is 0 Å². The number of halogens is 2. The third kappa shape index (κ3) is 6.73. The molecule has 0 aromatic heterocycles. The van der Waals surface area contributed by atoms with Gasteiger partial charge in [-0.25, -0.2) is 4.39 Å². The van der Waals surface area contributed by atoms with E-state index in [4.69, 9.17) is 10.5 Å². The van der Waals surface area contributed by atoms with Crippen LogP contribution in [0.15, 0.2) is 29.2 Å². The van der Waals surface area contributed by atoms with Crippen molar-refractivity contribution < 1.29 is 9.13 Å². The zero-order chi connectivity index (χ0) is 10.2. The molecule has 5 heteroatoms. The Balaban J connectivity index is 0.00000196. The minimum Gasteiger partial charge on any atom is -0.379 e. The summed E-state index contributed by atoms with van der Waals surface area (Å²) in [5.74, 6) is 0.666. The molecule has 0 atom stereocenters. The Kier molecular flexibility index (Phi) is 8.80. The van der Waals surface area contributed by atoms with E-state index in [1.54, 1.807) is 23.9 Å². The topological polar surface area (TPSA) is 35.2 Å². The Bertz CT molecular complexity index is 258. The second-order valence-corrected chi connectivity index (χ2v) is 3.87. The molecule has 0 spiro atoms. The molecule has 0 heterocycles. The van der Waals surface area contributed by atoms with Crippen molar-refractivity contribution in [2.45, 2.75) is 4.90 Å². The van der Waals surface area contributed by atoms with Gasteiger partial charge in [0.25, 0.3) is 0 Å². The van der Waals surface area contributed by atoms with Crippen molar-refractivity contribution in [1.29, 1.82) is 0 Å². The molecule has 15 heavy (non-hydrogen) atoms. The summed E-state index contributed by atoms with van der Waals surface area (Å²) in [5, 5.41) is 0. The number of ether oxygens (including phenoxy) is 1. The van der Waals surface area contributed by atoms with Gasteiger partial charge in [0.15, 0.2) is 0 Å². The van der Waals surface area contributed by atoms with Gasteiger partial charge >= 0.3 is 0 Å². The van der Waals surface area contributed by atoms with Gasteiger partial charge in [-0.3, -0.25) is 0 Å². The Morgan fingerprint density at radius 1 is 1.20 bits per heavy atom. The smallest absolute Gasteiger partial charge is 0.123 e. The van der Waals surface area contributed by atoms with E-state index in [9.17, 15) is 4.39 Å². The first-order valence-corrected chi connectivity index (χ1v) is 5.47. The Morgan fingerprint density at radius 3 is 2.47 bits per heavy atom. The highest BCUT2D eigenvalue weighted by Gasteiger charge is 1.94. The van der Waals surface area contributed by atoms with Gasteiger partial charge in [-0.1, -0.05) is 0 Å². The molecule has 0 aliphatic heterocycles. The highest BCUT2D eigenvalue weighted by Crippen LogP contribution is 2.17. The maximum atomic E-state index is 12.5. The standard InChI is InChI=1S/C10H14FNOS.ClH/c11-9-1-3-10(4-2-9)14-8-7-13-6-5-12;/h1-4H,5-8,12H2;1H. The quantitative estimate of drug-likeness (QED) is 0.623. The van der Waals surface area contributed by atoms with Crippen LogP contribution in [-0.2, 0) is 4.74 Å². The number of hydrogen-bond acceptors (Lipinski definition) is 3. The Hall–Kier alpha value is -0.290. The maximum Gasteiger partial charge on any atom is 0.123 e. The first-order valence-electron chi connectivity index (χ1n) is 4.49. The van der Waals surface area contributed by atoms with Crippen molar-refractivity contribution in [3.05, 3.63) is 30.1 Å². The van der Waals surface area contributed by atoms with Gasteiger partial charge in [0.2, 0.25) is 0 Å². The number of benzene rings is 1. The molecule has 0 saturated carbocycles. The lowest BCUT2D eigenvalue weighted by Crippen LogP contribution is -2.09. The van der Waals surface area contributed by atoms with E-state index in [1.165, 1.54) is 12.1 Å². The summed E-state index contributed by atoms with van der Waals surface area (Å²) in [6.45, 7) is 1.84. The van der Waals surface area contributed by atoms with Crippen LogP contribution in [-0.4, -0.2) is 25.5 Å². The van der Waals surface area contributed by atoms with E-state index < -0.39 is 0 Å². The first-order chi connectivity index (χ1) is 6.83. The van der Waals surface area contributed by atoms with Crippen LogP contribution in [0.1, 0.15) is 0 Å². The largest absolute Gasteiger partial charge is 0.379 e. The zero-order valence-electron chi connectivity index (χ0n) is 8.32. The SMILES string of the molecule is Cl.NCCOCCSc1ccc(F)cc1. The van der Waals surface area contributed by atoms with E-state index in [-0.39, 0.29) is 18.2 Å². The van der Waals surface area contributed by atoms with E-state index in [0.717, 1.165) is 10.6 Å². The van der Waals surface area contributed by atoms with Gasteiger partial charge in [-0.15, -0.1) is 24.2 Å². The summed E-state index contributed by atoms with van der Waals surface area (Å²) in [4.78, 5) is 1.06. The van der Waals surface area contributed by atoms with Gasteiger partial charge in [0.05, 0.1) is 13.2 Å². The molecule has 2 nitrogen and oxygen atoms in total. The summed E-state index contributed by atoms with van der Waals surface area (Å²) in [5.41, 5.74) is 5.27. The van der Waals surface area contributed by atoms with Crippen molar-refractivity contribution in [3.63, 3.8) is 0 Å². The molecule has 1 aromatic rings. The molecule has 0 aliphatic rings. The summed E-state index contributed by atoms with van der Waals surface area (Å²) in [6.07, 6.45) is 0. The van der Waals surface area contributed by atoms with Gasteiger partial charge in [-0.2, -0.15) is 0 Å². The Labute approximate surface area is 99.8 Å². The van der Waals surface area contributed by atoms with Crippen molar-refractivity contribution in [1.82, 2.24) is 0 Å². The minimum atomic E-state index is -0.200. The summed E-state index contributed by atoms with van der Waals surface area (Å²) >= 11 is 1.65. The normalized spacial score (nSPS) is 9.73. The summed E-state index contributed by atoms with van der Waals surface area (Å²) < 4.78 is 17.7. The molecule has 0 fully saturated rings. The molecule has 0 radical (unpaired) electrons. The van der Waals surface area contributed by atoms with Crippen molar-refractivity contribution in [2.75, 3.05) is 25.5 Å². The number of hydrogen-bond donors (Lipinski definition) is 1. The maximum absolute atomic E-state index is 12.5. The second kappa shape index (κ2) is 8.97. The van der Waals surface area contributed by atoms with E-state index in [0.29, 0.717) is 19.8 Å². The zero-order valence-corrected chi connectivity index (χ0v) is 9.95. The fourth-order valence-corrected chi connectivity index (χ4v) is 1.70. The van der Waals surface area contributed by atoms with E-state index >= 15 is 0 Å². The molecule has 0 amide bonds. The van der Waals surface area contributed by atoms with Crippen molar-refractivity contribution in [3.8, 4) is 0 Å². The monoisotopic (exact) mass is 251 g/mol. The lowest BCUT2D eigenvalue weighted by atomic mass is 10.4. The minimum absolute atomic E-state index is 0. The molecular formula is C10H15ClFNOS. The summed E-state index contributed by atoms with van der Waals surface area (Å²) in [6, 6.07) is 6.46. The van der Waals surface area contributed by atoms with Crippen LogP contribution in [0.2, 0.25) is 0 Å². The van der Waals surface area contributed by atoms with Gasteiger partial charge < -0.3 is 10.5 Å². The van der Waals surface area contributed by atoms with Crippen LogP contribution >= 0.6 is 24.2 Å². The second-order valence-electron chi connectivity index (χ2n) is 2.70. The molecule has 2 N–H and O–H groups in total. The Morgan fingerprint density at radius 2 is 1.87 bits per heavy atom. The van der Waals surface area contributed by atoms with Crippen LogP contribution in [0.4, 0.5) is 4.39 Å².